The van der Waals surface area contributed by atoms with Crippen molar-refractivity contribution in [2.45, 2.75) is 13.8 Å². The molecular formula is C16H17N7S. The highest BCUT2D eigenvalue weighted by Crippen LogP contribution is 2.28. The number of nitrogen functional groups attached to an aromatic ring is 1. The normalized spacial score (nSPS) is 10.2. The molecule has 4 aromatic rings. The van der Waals surface area contributed by atoms with Crippen LogP contribution < -0.4 is 11.1 Å². The molecule has 3 heterocycles. The molecule has 1 aromatic carbocycles. The average Bonchev–Trinajstić information content (AvgIpc) is 3.25. The first-order chi connectivity index (χ1) is 11.8. The highest BCUT2D eigenvalue weighted by atomic mass is 32.1. The number of rotatable bonds is 3. The van der Waals surface area contributed by atoms with Crippen molar-refractivity contribution in [2.75, 3.05) is 11.1 Å². The predicted octanol–water partition coefficient (Wildman–Crippen LogP) is 3.83. The van der Waals surface area contributed by atoms with Gasteiger partial charge in [-0.1, -0.05) is 25.2 Å². The van der Waals surface area contributed by atoms with E-state index in [1.165, 1.54) is 11.3 Å². The molecule has 0 saturated carbocycles. The lowest BCUT2D eigenvalue weighted by atomic mass is 10.2. The van der Waals surface area contributed by atoms with Gasteiger partial charge in [0.15, 0.2) is 5.01 Å². The summed E-state index contributed by atoms with van der Waals surface area (Å²) in [4.78, 5) is 4.25. The van der Waals surface area contributed by atoms with Crippen LogP contribution in [-0.2, 0) is 0 Å². The van der Waals surface area contributed by atoms with Crippen LogP contribution in [-0.4, -0.2) is 25.4 Å². The van der Waals surface area contributed by atoms with Crippen LogP contribution in [0.2, 0.25) is 0 Å². The van der Waals surface area contributed by atoms with Gasteiger partial charge in [-0.25, -0.2) is 0 Å². The van der Waals surface area contributed by atoms with Gasteiger partial charge in [0, 0.05) is 23.0 Å². The number of hydrogen-bond donors (Lipinski definition) is 3. The number of aromatic nitrogens is 5. The van der Waals surface area contributed by atoms with Gasteiger partial charge in [-0.3, -0.25) is 10.1 Å². The van der Waals surface area contributed by atoms with Crippen LogP contribution in [0.25, 0.3) is 21.6 Å². The van der Waals surface area contributed by atoms with E-state index in [2.05, 4.69) is 30.7 Å². The third-order valence-corrected chi connectivity index (χ3v) is 3.98. The zero-order chi connectivity index (χ0) is 16.9. The zero-order valence-electron chi connectivity index (χ0n) is 13.3. The Labute approximate surface area is 143 Å². The van der Waals surface area contributed by atoms with Crippen LogP contribution in [0.4, 0.5) is 16.5 Å². The lowest BCUT2D eigenvalue weighted by Gasteiger charge is -2.01. The molecule has 24 heavy (non-hydrogen) atoms. The summed E-state index contributed by atoms with van der Waals surface area (Å²) in [5, 5.41) is 20.9. The topological polar surface area (TPSA) is 105 Å². The number of nitrogens with zero attached hydrogens (tertiary/aromatic N) is 4. The molecule has 0 aliphatic heterocycles. The Bertz CT molecular complexity index is 944. The van der Waals surface area contributed by atoms with Crippen LogP contribution in [0.3, 0.4) is 0 Å². The van der Waals surface area contributed by atoms with E-state index in [1.807, 2.05) is 32.0 Å². The molecule has 0 unspecified atom stereocenters. The molecule has 3 aromatic heterocycles. The molecule has 0 fully saturated rings. The van der Waals surface area contributed by atoms with Crippen molar-refractivity contribution in [3.05, 3.63) is 42.7 Å². The van der Waals surface area contributed by atoms with E-state index < -0.39 is 0 Å². The summed E-state index contributed by atoms with van der Waals surface area (Å²) in [5.41, 5.74) is 9.05. The Hall–Kier alpha value is -3.00. The molecule has 4 N–H and O–H groups in total. The van der Waals surface area contributed by atoms with Gasteiger partial charge in [0.05, 0.1) is 11.7 Å². The fraction of sp³-hybridized carbons (Fsp3) is 0.125. The maximum Gasteiger partial charge on any atom is 0.210 e. The number of pyridine rings is 1. The first-order valence-corrected chi connectivity index (χ1v) is 8.35. The first-order valence-electron chi connectivity index (χ1n) is 7.53. The number of aromatic amines is 1. The number of nitrogens with one attached hydrogen (secondary N) is 2. The minimum absolute atomic E-state index is 0.653. The Morgan fingerprint density at radius 3 is 2.83 bits per heavy atom. The van der Waals surface area contributed by atoms with Gasteiger partial charge in [-0.15, -0.1) is 10.2 Å². The van der Waals surface area contributed by atoms with E-state index in [0.717, 1.165) is 27.3 Å². The third-order valence-electron chi connectivity index (χ3n) is 3.12. The van der Waals surface area contributed by atoms with Crippen molar-refractivity contribution >= 4 is 38.7 Å². The summed E-state index contributed by atoms with van der Waals surface area (Å²) in [6.45, 7) is 4.00. The molecule has 0 aliphatic carbocycles. The Kier molecular flexibility index (Phi) is 4.66. The number of benzene rings is 1. The van der Waals surface area contributed by atoms with Gasteiger partial charge in [0.2, 0.25) is 5.13 Å². The number of fused-ring (bicyclic) bond motifs is 1. The van der Waals surface area contributed by atoms with Crippen LogP contribution in [0.1, 0.15) is 13.8 Å². The molecule has 7 nitrogen and oxygen atoms in total. The van der Waals surface area contributed by atoms with E-state index >= 15 is 0 Å². The quantitative estimate of drug-likeness (QED) is 0.524. The second-order valence-corrected chi connectivity index (χ2v) is 5.66. The van der Waals surface area contributed by atoms with Gasteiger partial charge in [0.25, 0.3) is 0 Å². The molecule has 0 aliphatic rings. The molecule has 122 valence electrons. The number of hydrogen-bond acceptors (Lipinski definition) is 7. The minimum atomic E-state index is 0.653. The highest BCUT2D eigenvalue weighted by molar-refractivity contribution is 7.18. The molecular weight excluding hydrogens is 322 g/mol. The standard InChI is InChI=1S/C14H11N7S.C2H6/c15-9-3-4-16-12(6-9)13-20-21-14(22-13)18-10-1-2-11-8(5-10)7-17-19-11;1-2/h1-7H,(H2,15,16)(H,17,19)(H,18,21);1-2H3. The van der Waals surface area contributed by atoms with Gasteiger partial charge in [-0.2, -0.15) is 5.10 Å². The monoisotopic (exact) mass is 339 g/mol. The molecule has 0 radical (unpaired) electrons. The third kappa shape index (κ3) is 3.33. The molecule has 0 spiro atoms. The van der Waals surface area contributed by atoms with Crippen LogP contribution in [0, 0.1) is 0 Å². The SMILES string of the molecule is CC.Nc1ccnc(-c2nnc(Nc3ccc4[nH]ncc4c3)s2)c1. The summed E-state index contributed by atoms with van der Waals surface area (Å²) >= 11 is 1.42. The largest absolute Gasteiger partial charge is 0.399 e. The summed E-state index contributed by atoms with van der Waals surface area (Å²) < 4.78 is 0. The van der Waals surface area contributed by atoms with Crippen LogP contribution in [0.15, 0.2) is 42.7 Å². The Balaban J connectivity index is 0.000000815. The molecule has 0 amide bonds. The lowest BCUT2D eigenvalue weighted by molar-refractivity contribution is 1.09. The molecule has 4 rings (SSSR count). The number of nitrogens with two attached hydrogens (primary N) is 1. The van der Waals surface area contributed by atoms with Crippen molar-refractivity contribution in [3.63, 3.8) is 0 Å². The highest BCUT2D eigenvalue weighted by Gasteiger charge is 2.08. The first kappa shape index (κ1) is 15.9. The maximum atomic E-state index is 5.76. The van der Waals surface area contributed by atoms with Crippen LogP contribution in [0.5, 0.6) is 0 Å². The second-order valence-electron chi connectivity index (χ2n) is 4.68. The summed E-state index contributed by atoms with van der Waals surface area (Å²) in [5.74, 6) is 0. The van der Waals surface area contributed by atoms with E-state index in [-0.39, 0.29) is 0 Å². The zero-order valence-corrected chi connectivity index (χ0v) is 14.1. The maximum absolute atomic E-state index is 5.76. The predicted molar refractivity (Wildman–Crippen MR) is 98.3 cm³/mol. The fourth-order valence-electron chi connectivity index (χ4n) is 2.09. The van der Waals surface area contributed by atoms with E-state index in [0.29, 0.717) is 10.8 Å². The van der Waals surface area contributed by atoms with Gasteiger partial charge in [-0.05, 0) is 30.3 Å². The Morgan fingerprint density at radius 2 is 2.00 bits per heavy atom. The van der Waals surface area contributed by atoms with Crippen molar-refractivity contribution in [2.24, 2.45) is 0 Å². The van der Waals surface area contributed by atoms with Gasteiger partial charge in [0.1, 0.15) is 5.69 Å². The molecule has 0 bridgehead atoms. The van der Waals surface area contributed by atoms with Crippen molar-refractivity contribution in [3.8, 4) is 10.7 Å². The molecule has 0 saturated heterocycles. The van der Waals surface area contributed by atoms with Gasteiger partial charge < -0.3 is 11.1 Å². The minimum Gasteiger partial charge on any atom is -0.399 e. The van der Waals surface area contributed by atoms with Crippen molar-refractivity contribution in [1.29, 1.82) is 0 Å². The van der Waals surface area contributed by atoms with E-state index in [9.17, 15) is 0 Å². The summed E-state index contributed by atoms with van der Waals surface area (Å²) in [7, 11) is 0. The summed E-state index contributed by atoms with van der Waals surface area (Å²) in [6, 6.07) is 9.44. The lowest BCUT2D eigenvalue weighted by Crippen LogP contribution is -1.88. The molecule has 8 heteroatoms. The fourth-order valence-corrected chi connectivity index (χ4v) is 2.82. The van der Waals surface area contributed by atoms with Crippen molar-refractivity contribution < 1.29 is 0 Å². The van der Waals surface area contributed by atoms with Gasteiger partial charge >= 0.3 is 0 Å². The van der Waals surface area contributed by atoms with Crippen molar-refractivity contribution in [1.82, 2.24) is 25.4 Å². The summed E-state index contributed by atoms with van der Waals surface area (Å²) in [6.07, 6.45) is 3.44. The second kappa shape index (κ2) is 7.05. The number of H-pyrrole nitrogens is 1. The smallest absolute Gasteiger partial charge is 0.210 e. The van der Waals surface area contributed by atoms with Crippen LogP contribution >= 0.6 is 11.3 Å². The van der Waals surface area contributed by atoms with E-state index in [1.54, 1.807) is 24.5 Å². The molecule has 0 atom stereocenters. The van der Waals surface area contributed by atoms with E-state index in [4.69, 9.17) is 5.73 Å². The Morgan fingerprint density at radius 1 is 1.12 bits per heavy atom. The number of anilines is 3. The average molecular weight is 339 g/mol.